The summed E-state index contributed by atoms with van der Waals surface area (Å²) in [5.41, 5.74) is 1.14. The first-order valence-electron chi connectivity index (χ1n) is 9.80. The van der Waals surface area contributed by atoms with Crippen LogP contribution < -0.4 is 14.4 Å². The fourth-order valence-corrected chi connectivity index (χ4v) is 5.51. The van der Waals surface area contributed by atoms with Crippen molar-refractivity contribution in [3.63, 3.8) is 0 Å². The largest absolute Gasteiger partial charge is 0.454 e. The summed E-state index contributed by atoms with van der Waals surface area (Å²) in [5, 5.41) is 10.4. The number of piperidine rings is 1. The number of nitrogens with zero attached hydrogens (tertiary/aromatic N) is 3. The average molecular weight is 412 g/mol. The fourth-order valence-electron chi connectivity index (χ4n) is 4.34. The number of likely N-dealkylation sites (tertiary alicyclic amines) is 1. The van der Waals surface area contributed by atoms with Crippen LogP contribution in [0, 0.1) is 5.92 Å². The van der Waals surface area contributed by atoms with Gasteiger partial charge in [-0.3, -0.25) is 4.90 Å². The van der Waals surface area contributed by atoms with Crippen LogP contribution in [0.3, 0.4) is 0 Å². The number of rotatable bonds is 5. The van der Waals surface area contributed by atoms with Crippen LogP contribution in [-0.2, 0) is 10.0 Å². The van der Waals surface area contributed by atoms with Crippen molar-refractivity contribution in [2.45, 2.75) is 25.0 Å². The normalized spacial score (nSPS) is 26.4. The number of aliphatic hydroxyl groups excluding tert-OH is 1. The summed E-state index contributed by atoms with van der Waals surface area (Å²) in [6.45, 7) is 3.34. The predicted molar refractivity (Wildman–Crippen MR) is 106 cm³/mol. The molecule has 3 aliphatic rings. The molecule has 0 bridgehead atoms. The Bertz CT molecular complexity index is 808. The summed E-state index contributed by atoms with van der Waals surface area (Å²) >= 11 is 0. The van der Waals surface area contributed by atoms with E-state index in [1.54, 1.807) is 14.1 Å². The van der Waals surface area contributed by atoms with Gasteiger partial charge < -0.3 is 19.5 Å². The van der Waals surface area contributed by atoms with E-state index in [2.05, 4.69) is 15.9 Å². The lowest BCUT2D eigenvalue weighted by molar-refractivity contribution is 0.136. The molecule has 0 amide bonds. The van der Waals surface area contributed by atoms with Gasteiger partial charge in [0.05, 0.1) is 11.9 Å². The zero-order valence-corrected chi connectivity index (χ0v) is 17.3. The number of hydrogen-bond donors (Lipinski definition) is 1. The number of benzene rings is 1. The lowest BCUT2D eigenvalue weighted by Crippen LogP contribution is -2.44. The number of ether oxygens (including phenoxy) is 2. The van der Waals surface area contributed by atoms with Gasteiger partial charge in [-0.05, 0) is 25.0 Å². The minimum atomic E-state index is -3.30. The lowest BCUT2D eigenvalue weighted by atomic mass is 10.0. The van der Waals surface area contributed by atoms with Crippen molar-refractivity contribution >= 4 is 15.7 Å². The molecule has 1 N–H and O–H groups in total. The molecule has 0 saturated carbocycles. The minimum Gasteiger partial charge on any atom is -0.454 e. The third kappa shape index (κ3) is 3.94. The third-order valence-electron chi connectivity index (χ3n) is 6.12. The SMILES string of the molecule is CN(C)S(=O)(=O)C[C@@H]1CN(C2CCN(c3ccc4c(c3)OCO4)CC2)C[C@H]1O. The zero-order chi connectivity index (χ0) is 19.9. The summed E-state index contributed by atoms with van der Waals surface area (Å²) in [7, 11) is -0.218. The number of anilines is 1. The van der Waals surface area contributed by atoms with E-state index in [1.165, 1.54) is 4.31 Å². The summed E-state index contributed by atoms with van der Waals surface area (Å²) < 4.78 is 36.4. The third-order valence-corrected chi connectivity index (χ3v) is 8.08. The summed E-state index contributed by atoms with van der Waals surface area (Å²) in [5.74, 6) is 1.38. The van der Waals surface area contributed by atoms with Gasteiger partial charge in [-0.2, -0.15) is 0 Å². The number of aliphatic hydroxyl groups is 1. The van der Waals surface area contributed by atoms with Crippen LogP contribution in [0.2, 0.25) is 0 Å². The Kier molecular flexibility index (Phi) is 5.43. The minimum absolute atomic E-state index is 0.00765. The first kappa shape index (κ1) is 19.8. The van der Waals surface area contributed by atoms with Crippen molar-refractivity contribution in [2.75, 3.05) is 57.7 Å². The van der Waals surface area contributed by atoms with Gasteiger partial charge in [0, 0.05) is 64.0 Å². The molecule has 0 spiro atoms. The standard InChI is InChI=1S/C19H29N3O5S/c1-20(2)28(24,25)12-14-10-22(11-17(14)23)15-5-7-21(8-6-15)16-3-4-18-19(9-16)27-13-26-18/h3-4,9,14-15,17,23H,5-8,10-13H2,1-2H3/t14-,17+/m0/s1. The Balaban J connectivity index is 1.33. The van der Waals surface area contributed by atoms with E-state index >= 15 is 0 Å². The first-order valence-corrected chi connectivity index (χ1v) is 11.4. The van der Waals surface area contributed by atoms with E-state index in [1.807, 2.05) is 12.1 Å². The van der Waals surface area contributed by atoms with Gasteiger partial charge in [-0.25, -0.2) is 12.7 Å². The maximum atomic E-state index is 12.2. The lowest BCUT2D eigenvalue weighted by Gasteiger charge is -2.38. The second kappa shape index (κ2) is 7.70. The van der Waals surface area contributed by atoms with E-state index in [-0.39, 0.29) is 18.5 Å². The maximum Gasteiger partial charge on any atom is 0.231 e. The molecule has 0 unspecified atom stereocenters. The molecule has 2 fully saturated rings. The number of sulfonamides is 1. The molecule has 0 radical (unpaired) electrons. The molecule has 1 aromatic rings. The van der Waals surface area contributed by atoms with Crippen molar-refractivity contribution in [1.82, 2.24) is 9.21 Å². The van der Waals surface area contributed by atoms with E-state index < -0.39 is 16.1 Å². The average Bonchev–Trinajstić information content (AvgIpc) is 3.27. The molecule has 0 aromatic heterocycles. The highest BCUT2D eigenvalue weighted by Gasteiger charge is 2.38. The van der Waals surface area contributed by atoms with E-state index in [9.17, 15) is 13.5 Å². The van der Waals surface area contributed by atoms with Crippen molar-refractivity contribution in [3.05, 3.63) is 18.2 Å². The van der Waals surface area contributed by atoms with Crippen molar-refractivity contribution in [1.29, 1.82) is 0 Å². The van der Waals surface area contributed by atoms with Gasteiger partial charge in [-0.15, -0.1) is 0 Å². The molecule has 8 nitrogen and oxygen atoms in total. The Morgan fingerprint density at radius 1 is 1.14 bits per heavy atom. The molecule has 0 aliphatic carbocycles. The summed E-state index contributed by atoms with van der Waals surface area (Å²) in [4.78, 5) is 4.62. The number of β-amino-alcohol motifs (C(OH)–C–C–N with tert-alkyl or cyclic N) is 1. The van der Waals surface area contributed by atoms with Crippen molar-refractivity contribution in [3.8, 4) is 11.5 Å². The Labute approximate surface area is 166 Å². The first-order chi connectivity index (χ1) is 13.3. The van der Waals surface area contributed by atoms with Gasteiger partial charge in [0.25, 0.3) is 0 Å². The van der Waals surface area contributed by atoms with Crippen molar-refractivity contribution in [2.24, 2.45) is 5.92 Å². The molecule has 9 heteroatoms. The summed E-state index contributed by atoms with van der Waals surface area (Å²) in [6.07, 6.45) is 1.41. The molecule has 2 saturated heterocycles. The van der Waals surface area contributed by atoms with Crippen LogP contribution in [0.1, 0.15) is 12.8 Å². The van der Waals surface area contributed by atoms with Gasteiger partial charge in [0.2, 0.25) is 16.8 Å². The smallest absolute Gasteiger partial charge is 0.231 e. The number of hydrogen-bond acceptors (Lipinski definition) is 7. The highest BCUT2D eigenvalue weighted by molar-refractivity contribution is 7.89. The number of fused-ring (bicyclic) bond motifs is 1. The van der Waals surface area contributed by atoms with Crippen LogP contribution in [0.5, 0.6) is 11.5 Å². The second-order valence-corrected chi connectivity index (χ2v) is 10.3. The molecule has 1 aromatic carbocycles. The van der Waals surface area contributed by atoms with E-state index in [0.717, 1.165) is 43.1 Å². The molecular weight excluding hydrogens is 382 g/mol. The zero-order valence-electron chi connectivity index (χ0n) is 16.5. The summed E-state index contributed by atoms with van der Waals surface area (Å²) in [6, 6.07) is 6.43. The molecule has 156 valence electrons. The molecule has 3 heterocycles. The van der Waals surface area contributed by atoms with Crippen LogP contribution in [-0.4, -0.2) is 87.7 Å². The maximum absolute atomic E-state index is 12.2. The Morgan fingerprint density at radius 2 is 1.86 bits per heavy atom. The van der Waals surface area contributed by atoms with Crippen molar-refractivity contribution < 1.29 is 23.0 Å². The highest BCUT2D eigenvalue weighted by Crippen LogP contribution is 2.36. The Hall–Kier alpha value is -1.55. The van der Waals surface area contributed by atoms with E-state index in [0.29, 0.717) is 19.1 Å². The van der Waals surface area contributed by atoms with Crippen LogP contribution >= 0.6 is 0 Å². The molecule has 2 atom stereocenters. The van der Waals surface area contributed by atoms with Gasteiger partial charge in [-0.1, -0.05) is 0 Å². The quantitative estimate of drug-likeness (QED) is 0.758. The Morgan fingerprint density at radius 3 is 2.57 bits per heavy atom. The van der Waals surface area contributed by atoms with Crippen LogP contribution in [0.15, 0.2) is 18.2 Å². The van der Waals surface area contributed by atoms with Gasteiger partial charge in [0.15, 0.2) is 11.5 Å². The monoisotopic (exact) mass is 411 g/mol. The molecule has 4 rings (SSSR count). The van der Waals surface area contributed by atoms with Gasteiger partial charge >= 0.3 is 0 Å². The van der Waals surface area contributed by atoms with Crippen LogP contribution in [0.4, 0.5) is 5.69 Å². The van der Waals surface area contributed by atoms with E-state index in [4.69, 9.17) is 9.47 Å². The molecule has 28 heavy (non-hydrogen) atoms. The molecular formula is C19H29N3O5S. The predicted octanol–water partition coefficient (Wildman–Crippen LogP) is 0.568. The topological polar surface area (TPSA) is 82.6 Å². The molecule has 3 aliphatic heterocycles. The fraction of sp³-hybridized carbons (Fsp3) is 0.684. The van der Waals surface area contributed by atoms with Gasteiger partial charge in [0.1, 0.15) is 0 Å². The second-order valence-electron chi connectivity index (χ2n) is 8.10. The highest BCUT2D eigenvalue weighted by atomic mass is 32.2. The van der Waals surface area contributed by atoms with Crippen LogP contribution in [0.25, 0.3) is 0 Å².